The Hall–Kier alpha value is -2.70. The van der Waals surface area contributed by atoms with E-state index in [-0.39, 0.29) is 17.9 Å². The number of rotatable bonds is 4. The summed E-state index contributed by atoms with van der Waals surface area (Å²) in [6, 6.07) is 11.0. The molecule has 2 aromatic carbocycles. The van der Waals surface area contributed by atoms with Crippen LogP contribution in [0.5, 0.6) is 0 Å². The Balaban J connectivity index is 1.70. The number of aromatic nitrogens is 4. The molecule has 5 nitrogen and oxygen atoms in total. The zero-order valence-electron chi connectivity index (χ0n) is 15.1. The lowest BCUT2D eigenvalue weighted by molar-refractivity contribution is 0.624. The van der Waals surface area contributed by atoms with Crippen LogP contribution in [-0.4, -0.2) is 19.6 Å². The van der Waals surface area contributed by atoms with Crippen molar-refractivity contribution in [2.24, 2.45) is 0 Å². The molecule has 1 aliphatic carbocycles. The Morgan fingerprint density at radius 2 is 1.86 bits per heavy atom. The molecule has 0 unspecified atom stereocenters. The number of nitrogens with zero attached hydrogens (tertiary/aromatic N) is 4. The van der Waals surface area contributed by atoms with Crippen molar-refractivity contribution in [3.8, 4) is 5.69 Å². The van der Waals surface area contributed by atoms with Gasteiger partial charge in [0.2, 0.25) is 0 Å². The molecule has 8 heteroatoms. The normalized spacial score (nSPS) is 13.9. The van der Waals surface area contributed by atoms with Crippen LogP contribution < -0.4 is 5.56 Å². The van der Waals surface area contributed by atoms with E-state index in [0.29, 0.717) is 27.2 Å². The predicted octanol–water partition coefficient (Wildman–Crippen LogP) is 4.95. The van der Waals surface area contributed by atoms with E-state index < -0.39 is 0 Å². The summed E-state index contributed by atoms with van der Waals surface area (Å²) >= 11 is 12.3. The highest BCUT2D eigenvalue weighted by Crippen LogP contribution is 2.41. The highest BCUT2D eigenvalue weighted by molar-refractivity contribution is 6.35. The van der Waals surface area contributed by atoms with E-state index in [1.165, 1.54) is 16.8 Å². The van der Waals surface area contributed by atoms with E-state index in [2.05, 4.69) is 10.2 Å². The maximum atomic E-state index is 13.3. The van der Waals surface area contributed by atoms with E-state index in [9.17, 15) is 9.18 Å². The van der Waals surface area contributed by atoms with Crippen LogP contribution in [0.3, 0.4) is 0 Å². The van der Waals surface area contributed by atoms with Gasteiger partial charge in [0.1, 0.15) is 11.3 Å². The molecular formula is C21H15Cl2FN4O. The molecule has 146 valence electrons. The first-order valence-corrected chi connectivity index (χ1v) is 9.95. The van der Waals surface area contributed by atoms with Gasteiger partial charge in [-0.05, 0) is 54.8 Å². The third-order valence-corrected chi connectivity index (χ3v) is 5.67. The summed E-state index contributed by atoms with van der Waals surface area (Å²) in [7, 11) is 0. The zero-order chi connectivity index (χ0) is 20.1. The molecule has 0 atom stereocenters. The second-order valence-corrected chi connectivity index (χ2v) is 8.00. The van der Waals surface area contributed by atoms with Gasteiger partial charge in [0, 0.05) is 21.3 Å². The van der Waals surface area contributed by atoms with Crippen LogP contribution in [0.15, 0.2) is 53.5 Å². The van der Waals surface area contributed by atoms with E-state index >= 15 is 0 Å². The van der Waals surface area contributed by atoms with Crippen molar-refractivity contribution in [2.75, 3.05) is 0 Å². The van der Waals surface area contributed by atoms with Gasteiger partial charge in [-0.25, -0.2) is 13.8 Å². The molecule has 0 bridgehead atoms. The van der Waals surface area contributed by atoms with Crippen molar-refractivity contribution >= 4 is 34.1 Å². The fourth-order valence-corrected chi connectivity index (χ4v) is 3.92. The highest BCUT2D eigenvalue weighted by atomic mass is 35.5. The molecule has 2 heterocycles. The summed E-state index contributed by atoms with van der Waals surface area (Å²) in [4.78, 5) is 13.3. The van der Waals surface area contributed by atoms with Crippen molar-refractivity contribution in [1.82, 2.24) is 19.6 Å². The standard InChI is InChI=1S/C21H15Cl2FN4O/c22-14-4-3-13(18(23)9-14)11-27-21(29)20-17(19(26-27)12-1-2-12)10-25-28(20)16-7-5-15(24)6-8-16/h3-10,12H,1-2,11H2. The molecule has 1 fully saturated rings. The lowest BCUT2D eigenvalue weighted by atomic mass is 10.2. The molecule has 1 aliphatic rings. The van der Waals surface area contributed by atoms with Crippen LogP contribution in [0.1, 0.15) is 30.0 Å². The average molecular weight is 429 g/mol. The molecule has 4 aromatic rings. The van der Waals surface area contributed by atoms with Gasteiger partial charge in [0.15, 0.2) is 0 Å². The molecule has 0 N–H and O–H groups in total. The summed E-state index contributed by atoms with van der Waals surface area (Å²) in [5.74, 6) is -0.0313. The van der Waals surface area contributed by atoms with Crippen molar-refractivity contribution in [2.45, 2.75) is 25.3 Å². The summed E-state index contributed by atoms with van der Waals surface area (Å²) < 4.78 is 16.3. The van der Waals surface area contributed by atoms with Gasteiger partial charge in [-0.3, -0.25) is 4.79 Å². The number of hydrogen-bond acceptors (Lipinski definition) is 3. The van der Waals surface area contributed by atoms with Crippen LogP contribution in [0, 0.1) is 5.82 Å². The molecule has 5 rings (SSSR count). The monoisotopic (exact) mass is 428 g/mol. The predicted molar refractivity (Wildman–Crippen MR) is 111 cm³/mol. The van der Waals surface area contributed by atoms with Crippen LogP contribution >= 0.6 is 23.2 Å². The summed E-state index contributed by atoms with van der Waals surface area (Å²) in [6.45, 7) is 0.221. The fourth-order valence-electron chi connectivity index (χ4n) is 3.45. The lowest BCUT2D eigenvalue weighted by Gasteiger charge is -2.11. The fraction of sp³-hybridized carbons (Fsp3) is 0.190. The van der Waals surface area contributed by atoms with Crippen molar-refractivity contribution in [1.29, 1.82) is 0 Å². The molecule has 0 radical (unpaired) electrons. The van der Waals surface area contributed by atoms with Gasteiger partial charge in [-0.15, -0.1) is 0 Å². The molecule has 0 spiro atoms. The van der Waals surface area contributed by atoms with E-state index in [4.69, 9.17) is 23.2 Å². The Morgan fingerprint density at radius 3 is 2.55 bits per heavy atom. The van der Waals surface area contributed by atoms with Gasteiger partial charge >= 0.3 is 0 Å². The first-order chi connectivity index (χ1) is 14.0. The second-order valence-electron chi connectivity index (χ2n) is 7.15. The first kappa shape index (κ1) is 18.3. The Bertz CT molecular complexity index is 1290. The maximum absolute atomic E-state index is 13.3. The smallest absolute Gasteiger partial charge is 0.265 e. The summed E-state index contributed by atoms with van der Waals surface area (Å²) in [5, 5.41) is 10.8. The minimum Gasteiger partial charge on any atom is -0.265 e. The maximum Gasteiger partial charge on any atom is 0.293 e. The number of halogens is 3. The molecular weight excluding hydrogens is 414 g/mol. The topological polar surface area (TPSA) is 52.7 Å². The van der Waals surface area contributed by atoms with Crippen molar-refractivity contribution < 1.29 is 4.39 Å². The van der Waals surface area contributed by atoms with E-state index in [1.807, 2.05) is 0 Å². The van der Waals surface area contributed by atoms with Gasteiger partial charge in [-0.2, -0.15) is 10.2 Å². The van der Waals surface area contributed by atoms with Gasteiger partial charge in [-0.1, -0.05) is 29.3 Å². The molecule has 2 aromatic heterocycles. The summed E-state index contributed by atoms with van der Waals surface area (Å²) in [6.07, 6.45) is 3.73. The third kappa shape index (κ3) is 3.32. The minimum absolute atomic E-state index is 0.221. The quantitative estimate of drug-likeness (QED) is 0.461. The van der Waals surface area contributed by atoms with Crippen LogP contribution in [-0.2, 0) is 6.54 Å². The van der Waals surface area contributed by atoms with Crippen LogP contribution in [0.25, 0.3) is 16.6 Å². The minimum atomic E-state index is -0.347. The number of fused-ring (bicyclic) bond motifs is 1. The molecule has 0 aliphatic heterocycles. The van der Waals surface area contributed by atoms with Gasteiger partial charge in [0.25, 0.3) is 5.56 Å². The molecule has 0 amide bonds. The first-order valence-electron chi connectivity index (χ1n) is 9.20. The van der Waals surface area contributed by atoms with Crippen LogP contribution in [0.4, 0.5) is 4.39 Å². The van der Waals surface area contributed by atoms with Gasteiger partial charge < -0.3 is 0 Å². The third-order valence-electron chi connectivity index (χ3n) is 5.08. The Kier molecular flexibility index (Phi) is 4.41. The second kappa shape index (κ2) is 6.97. The largest absolute Gasteiger partial charge is 0.293 e. The van der Waals surface area contributed by atoms with E-state index in [0.717, 1.165) is 29.5 Å². The molecule has 0 saturated heterocycles. The molecule has 1 saturated carbocycles. The number of hydrogen-bond donors (Lipinski definition) is 0. The number of benzene rings is 2. The van der Waals surface area contributed by atoms with Crippen LogP contribution in [0.2, 0.25) is 10.0 Å². The average Bonchev–Trinajstić information content (AvgIpc) is 3.44. The van der Waals surface area contributed by atoms with E-state index in [1.54, 1.807) is 41.2 Å². The zero-order valence-corrected chi connectivity index (χ0v) is 16.7. The molecule has 29 heavy (non-hydrogen) atoms. The highest BCUT2D eigenvalue weighted by Gasteiger charge is 2.30. The Morgan fingerprint density at radius 1 is 1.10 bits per heavy atom. The Labute approximate surface area is 175 Å². The van der Waals surface area contributed by atoms with Gasteiger partial charge in [0.05, 0.1) is 24.1 Å². The van der Waals surface area contributed by atoms with Crippen molar-refractivity contribution in [3.05, 3.63) is 86.1 Å². The lowest BCUT2D eigenvalue weighted by Crippen LogP contribution is -2.26. The summed E-state index contributed by atoms with van der Waals surface area (Å²) in [5.41, 5.74) is 2.37. The van der Waals surface area contributed by atoms with Crippen molar-refractivity contribution in [3.63, 3.8) is 0 Å². The SMILES string of the molecule is O=c1c2c(cnn2-c2ccc(F)cc2)c(C2CC2)nn1Cc1ccc(Cl)cc1Cl.